The minimum atomic E-state index is -0.900. The first-order valence-electron chi connectivity index (χ1n) is 6.57. The molecular formula is C12H22N2O5. The van der Waals surface area contributed by atoms with Crippen LogP contribution in [0.4, 0.5) is 4.79 Å². The number of rotatable bonds is 6. The van der Waals surface area contributed by atoms with Gasteiger partial charge in [0.2, 0.25) is 0 Å². The van der Waals surface area contributed by atoms with Crippen molar-refractivity contribution in [2.75, 3.05) is 32.8 Å². The van der Waals surface area contributed by atoms with Gasteiger partial charge in [-0.25, -0.2) is 4.79 Å². The second-order valence-corrected chi connectivity index (χ2v) is 4.60. The molecule has 1 aliphatic heterocycles. The zero-order valence-electron chi connectivity index (χ0n) is 11.2. The molecule has 0 saturated carbocycles. The van der Waals surface area contributed by atoms with Crippen molar-refractivity contribution >= 4 is 12.1 Å². The third kappa shape index (κ3) is 5.04. The predicted octanol–water partition coefficient (Wildman–Crippen LogP) is -0.110. The molecule has 1 saturated heterocycles. The summed E-state index contributed by atoms with van der Waals surface area (Å²) in [5.74, 6) is -1.48. The smallest absolute Gasteiger partial charge is 0.409 e. The van der Waals surface area contributed by atoms with Gasteiger partial charge in [0.1, 0.15) is 0 Å². The van der Waals surface area contributed by atoms with Crippen LogP contribution >= 0.6 is 0 Å². The topological polar surface area (TPSA) is 99.1 Å². The number of aliphatic hydroxyl groups excluding tert-OH is 1. The molecule has 2 unspecified atom stereocenters. The van der Waals surface area contributed by atoms with Gasteiger partial charge in [0.05, 0.1) is 12.5 Å². The Labute approximate surface area is 112 Å². The molecule has 19 heavy (non-hydrogen) atoms. The zero-order chi connectivity index (χ0) is 14.3. The van der Waals surface area contributed by atoms with Gasteiger partial charge in [0, 0.05) is 25.7 Å². The number of amides is 1. The number of carboxylic acid groups (broad SMARTS) is 1. The fourth-order valence-electron chi connectivity index (χ4n) is 2.17. The van der Waals surface area contributed by atoms with Crippen molar-refractivity contribution in [3.8, 4) is 0 Å². The van der Waals surface area contributed by atoms with E-state index < -0.39 is 18.0 Å². The number of hydrogen-bond donors (Lipinski definition) is 3. The van der Waals surface area contributed by atoms with E-state index in [9.17, 15) is 9.59 Å². The third-order valence-corrected chi connectivity index (χ3v) is 3.09. The van der Waals surface area contributed by atoms with Gasteiger partial charge in [-0.3, -0.25) is 4.79 Å². The highest BCUT2D eigenvalue weighted by Gasteiger charge is 2.34. The molecule has 0 bridgehead atoms. The standard InChI is InChI=1S/C12H22N2O5/c1-2-19-12(18)14-7-9(11(16)17)6-10(8-14)13-4-3-5-15/h9-10,13,15H,2-8H2,1H3,(H,16,17). The molecule has 1 rings (SSSR count). The molecule has 7 nitrogen and oxygen atoms in total. The molecule has 1 aliphatic rings. The van der Waals surface area contributed by atoms with E-state index in [0.29, 0.717) is 25.9 Å². The number of carbonyl (C=O) groups excluding carboxylic acids is 1. The number of ether oxygens (including phenoxy) is 1. The summed E-state index contributed by atoms with van der Waals surface area (Å²) in [4.78, 5) is 24.2. The second kappa shape index (κ2) is 7.96. The SMILES string of the molecule is CCOC(=O)N1CC(NCCCO)CC(C(=O)O)C1. The summed E-state index contributed by atoms with van der Waals surface area (Å²) < 4.78 is 4.91. The molecule has 0 spiro atoms. The van der Waals surface area contributed by atoms with E-state index in [-0.39, 0.29) is 25.8 Å². The van der Waals surface area contributed by atoms with Gasteiger partial charge in [0.15, 0.2) is 0 Å². The number of aliphatic carboxylic acids is 1. The molecule has 1 fully saturated rings. The quantitative estimate of drug-likeness (QED) is 0.584. The van der Waals surface area contributed by atoms with Gasteiger partial charge in [-0.2, -0.15) is 0 Å². The summed E-state index contributed by atoms with van der Waals surface area (Å²) >= 11 is 0. The molecule has 7 heteroatoms. The zero-order valence-corrected chi connectivity index (χ0v) is 11.2. The van der Waals surface area contributed by atoms with Crippen molar-refractivity contribution < 1.29 is 24.5 Å². The molecule has 0 aromatic carbocycles. The summed E-state index contributed by atoms with van der Waals surface area (Å²) in [6.07, 6.45) is 0.618. The maximum atomic E-state index is 11.7. The number of carbonyl (C=O) groups is 2. The molecule has 0 aromatic heterocycles. The summed E-state index contributed by atoms with van der Waals surface area (Å²) in [5, 5.41) is 21.0. The van der Waals surface area contributed by atoms with Crippen LogP contribution in [0.3, 0.4) is 0 Å². The fourth-order valence-corrected chi connectivity index (χ4v) is 2.17. The first kappa shape index (κ1) is 15.7. The maximum absolute atomic E-state index is 11.7. The van der Waals surface area contributed by atoms with Crippen molar-refractivity contribution in [2.45, 2.75) is 25.8 Å². The average Bonchev–Trinajstić information content (AvgIpc) is 2.39. The van der Waals surface area contributed by atoms with Gasteiger partial charge >= 0.3 is 12.1 Å². The van der Waals surface area contributed by atoms with E-state index in [0.717, 1.165) is 0 Å². The number of nitrogens with zero attached hydrogens (tertiary/aromatic N) is 1. The highest BCUT2D eigenvalue weighted by Crippen LogP contribution is 2.18. The molecule has 1 heterocycles. The first-order chi connectivity index (χ1) is 9.08. The molecule has 0 aliphatic carbocycles. The average molecular weight is 274 g/mol. The Morgan fingerprint density at radius 1 is 1.42 bits per heavy atom. The Bertz CT molecular complexity index is 310. The van der Waals surface area contributed by atoms with Crippen LogP contribution in [-0.4, -0.2) is 66.1 Å². The molecule has 2 atom stereocenters. The lowest BCUT2D eigenvalue weighted by Gasteiger charge is -2.35. The number of likely N-dealkylation sites (tertiary alicyclic amines) is 1. The van der Waals surface area contributed by atoms with Gasteiger partial charge in [0.25, 0.3) is 0 Å². The summed E-state index contributed by atoms with van der Waals surface area (Å²) in [6, 6.07) is -0.0780. The van der Waals surface area contributed by atoms with Crippen molar-refractivity contribution in [3.05, 3.63) is 0 Å². The summed E-state index contributed by atoms with van der Waals surface area (Å²) in [6.45, 7) is 3.30. The lowest BCUT2D eigenvalue weighted by atomic mass is 9.94. The van der Waals surface area contributed by atoms with Gasteiger partial charge < -0.3 is 25.2 Å². The second-order valence-electron chi connectivity index (χ2n) is 4.60. The van der Waals surface area contributed by atoms with Crippen LogP contribution in [0.15, 0.2) is 0 Å². The van der Waals surface area contributed by atoms with Crippen LogP contribution < -0.4 is 5.32 Å². The third-order valence-electron chi connectivity index (χ3n) is 3.09. The lowest BCUT2D eigenvalue weighted by molar-refractivity contribution is -0.143. The molecule has 0 aromatic rings. The summed E-state index contributed by atoms with van der Waals surface area (Å²) in [7, 11) is 0. The van der Waals surface area contributed by atoms with Gasteiger partial charge in [-0.15, -0.1) is 0 Å². The fraction of sp³-hybridized carbons (Fsp3) is 0.833. The van der Waals surface area contributed by atoms with E-state index in [1.165, 1.54) is 4.90 Å². The van der Waals surface area contributed by atoms with Crippen LogP contribution in [0.2, 0.25) is 0 Å². The van der Waals surface area contributed by atoms with Crippen molar-refractivity contribution in [1.82, 2.24) is 10.2 Å². The largest absolute Gasteiger partial charge is 0.481 e. The van der Waals surface area contributed by atoms with E-state index in [1.54, 1.807) is 6.92 Å². The van der Waals surface area contributed by atoms with Crippen LogP contribution in [0.5, 0.6) is 0 Å². The van der Waals surface area contributed by atoms with Crippen LogP contribution in [0.25, 0.3) is 0 Å². The first-order valence-corrected chi connectivity index (χ1v) is 6.57. The molecule has 110 valence electrons. The Kier molecular flexibility index (Phi) is 6.58. The van der Waals surface area contributed by atoms with E-state index in [1.807, 2.05) is 0 Å². The monoisotopic (exact) mass is 274 g/mol. The van der Waals surface area contributed by atoms with E-state index in [4.69, 9.17) is 14.9 Å². The van der Waals surface area contributed by atoms with E-state index >= 15 is 0 Å². The van der Waals surface area contributed by atoms with Gasteiger partial charge in [-0.1, -0.05) is 0 Å². The van der Waals surface area contributed by atoms with Gasteiger partial charge in [-0.05, 0) is 26.3 Å². The number of piperidine rings is 1. The number of carboxylic acids is 1. The highest BCUT2D eigenvalue weighted by atomic mass is 16.6. The lowest BCUT2D eigenvalue weighted by Crippen LogP contribution is -2.53. The minimum absolute atomic E-state index is 0.0780. The Morgan fingerprint density at radius 3 is 2.74 bits per heavy atom. The van der Waals surface area contributed by atoms with Crippen molar-refractivity contribution in [3.63, 3.8) is 0 Å². The molecule has 3 N–H and O–H groups in total. The van der Waals surface area contributed by atoms with Crippen molar-refractivity contribution in [2.24, 2.45) is 5.92 Å². The number of aliphatic hydroxyl groups is 1. The van der Waals surface area contributed by atoms with Crippen LogP contribution in [0, 0.1) is 5.92 Å². The highest BCUT2D eigenvalue weighted by molar-refractivity contribution is 5.73. The Morgan fingerprint density at radius 2 is 2.16 bits per heavy atom. The normalized spacial score (nSPS) is 23.2. The van der Waals surface area contributed by atoms with Crippen LogP contribution in [0.1, 0.15) is 19.8 Å². The Balaban J connectivity index is 2.57. The van der Waals surface area contributed by atoms with Crippen LogP contribution in [-0.2, 0) is 9.53 Å². The number of nitrogens with one attached hydrogen (secondary N) is 1. The molecule has 0 radical (unpaired) electrons. The minimum Gasteiger partial charge on any atom is -0.481 e. The number of hydrogen-bond acceptors (Lipinski definition) is 5. The molecular weight excluding hydrogens is 252 g/mol. The Hall–Kier alpha value is -1.34. The molecule has 1 amide bonds. The maximum Gasteiger partial charge on any atom is 0.409 e. The van der Waals surface area contributed by atoms with Crippen molar-refractivity contribution in [1.29, 1.82) is 0 Å². The summed E-state index contributed by atoms with van der Waals surface area (Å²) in [5.41, 5.74) is 0. The van der Waals surface area contributed by atoms with E-state index in [2.05, 4.69) is 5.32 Å². The predicted molar refractivity (Wildman–Crippen MR) is 67.8 cm³/mol.